The molecule has 0 spiro atoms. The van der Waals surface area contributed by atoms with E-state index >= 15 is 0 Å². The van der Waals surface area contributed by atoms with E-state index in [-0.39, 0.29) is 28.4 Å². The molecule has 0 heterocycles. The van der Waals surface area contributed by atoms with Crippen molar-refractivity contribution < 1.29 is 34.8 Å². The molecule has 0 bridgehead atoms. The van der Waals surface area contributed by atoms with Gasteiger partial charge < -0.3 is 5.32 Å². The van der Waals surface area contributed by atoms with E-state index in [1.807, 2.05) is 31.2 Å². The summed E-state index contributed by atoms with van der Waals surface area (Å²) in [6.07, 6.45) is -3.67. The van der Waals surface area contributed by atoms with E-state index in [9.17, 15) is 34.8 Å². The number of rotatable bonds is 9. The molecule has 0 aliphatic carbocycles. The van der Waals surface area contributed by atoms with Crippen LogP contribution >= 0.6 is 11.6 Å². The van der Waals surface area contributed by atoms with Gasteiger partial charge in [-0.05, 0) is 84.8 Å². The van der Waals surface area contributed by atoms with Crippen molar-refractivity contribution in [2.24, 2.45) is 0 Å². The average Bonchev–Trinajstić information content (AvgIpc) is 2.92. The van der Waals surface area contributed by atoms with Crippen LogP contribution in [0.15, 0.2) is 95.9 Å². The van der Waals surface area contributed by atoms with E-state index < -0.39 is 42.7 Å². The lowest BCUT2D eigenvalue weighted by Crippen LogP contribution is -2.29. The normalized spacial score (nSPS) is 12.0. The molecule has 226 valence electrons. The molecule has 0 aliphatic rings. The number of nitrogens with zero attached hydrogens (tertiary/aromatic N) is 1. The van der Waals surface area contributed by atoms with Crippen LogP contribution in [0.3, 0.4) is 0 Å². The molecular formula is C29H25ClF3N3O5S2. The summed E-state index contributed by atoms with van der Waals surface area (Å²) < 4.78 is 93.2. The molecule has 0 radical (unpaired) electrons. The molecule has 4 aromatic carbocycles. The number of aryl methyl sites for hydroxylation is 1. The van der Waals surface area contributed by atoms with Crippen LogP contribution in [0.25, 0.3) is 0 Å². The van der Waals surface area contributed by atoms with Crippen molar-refractivity contribution in [2.75, 3.05) is 20.6 Å². The maximum Gasteiger partial charge on any atom is 0.417 e. The lowest BCUT2D eigenvalue weighted by atomic mass is 10.1. The summed E-state index contributed by atoms with van der Waals surface area (Å²) in [6, 6.07) is 21.0. The minimum absolute atomic E-state index is 0.114. The average molecular weight is 652 g/mol. The number of carbonyl (C=O) groups excluding carboxylic acids is 1. The highest BCUT2D eigenvalue weighted by atomic mass is 35.5. The van der Waals surface area contributed by atoms with Gasteiger partial charge in [0.15, 0.2) is 0 Å². The van der Waals surface area contributed by atoms with Gasteiger partial charge >= 0.3 is 6.18 Å². The molecule has 0 atom stereocenters. The number of hydrogen-bond donors (Lipinski definition) is 2. The van der Waals surface area contributed by atoms with Crippen LogP contribution in [-0.4, -0.2) is 29.0 Å². The standard InChI is InChI=1S/C29H25ClF3N3O5S2/c1-19-5-3-4-6-21(19)18-36(42(2,38)39)24-12-7-20(8-13-24)28(37)34-22-9-14-25(15-10-22)43(40,41)35-23-11-16-27(30)26(17-23)29(31,32)33/h3-17,35H,18H2,1-2H3,(H,34,37). The van der Waals surface area contributed by atoms with Crippen molar-refractivity contribution in [1.29, 1.82) is 0 Å². The number of amides is 1. The number of sulfonamides is 2. The van der Waals surface area contributed by atoms with Crippen LogP contribution in [0.5, 0.6) is 0 Å². The Morgan fingerprint density at radius 1 is 0.860 bits per heavy atom. The van der Waals surface area contributed by atoms with Crippen molar-refractivity contribution in [1.82, 2.24) is 0 Å². The molecule has 0 saturated heterocycles. The van der Waals surface area contributed by atoms with Gasteiger partial charge in [-0.3, -0.25) is 13.8 Å². The molecular weight excluding hydrogens is 627 g/mol. The molecule has 0 unspecified atom stereocenters. The van der Waals surface area contributed by atoms with Gasteiger partial charge in [-0.25, -0.2) is 16.8 Å². The number of halogens is 4. The van der Waals surface area contributed by atoms with Gasteiger partial charge in [0.25, 0.3) is 15.9 Å². The lowest BCUT2D eigenvalue weighted by Gasteiger charge is -2.23. The zero-order valence-electron chi connectivity index (χ0n) is 22.7. The number of anilines is 3. The quantitative estimate of drug-likeness (QED) is 0.210. The molecule has 0 aromatic heterocycles. The Hall–Kier alpha value is -4.07. The van der Waals surface area contributed by atoms with Gasteiger partial charge in [0, 0.05) is 16.9 Å². The zero-order chi connectivity index (χ0) is 31.6. The Bertz CT molecular complexity index is 1870. The number of hydrogen-bond acceptors (Lipinski definition) is 5. The Kier molecular flexibility index (Phi) is 9.09. The van der Waals surface area contributed by atoms with Gasteiger partial charge in [-0.2, -0.15) is 13.2 Å². The van der Waals surface area contributed by atoms with Crippen molar-refractivity contribution in [3.63, 3.8) is 0 Å². The second-order valence-corrected chi connectivity index (χ2v) is 13.5. The van der Waals surface area contributed by atoms with E-state index in [1.54, 1.807) is 0 Å². The summed E-state index contributed by atoms with van der Waals surface area (Å²) in [5, 5.41) is 2.05. The van der Waals surface area contributed by atoms with Gasteiger partial charge in [0.05, 0.1) is 34.0 Å². The minimum Gasteiger partial charge on any atom is -0.322 e. The largest absolute Gasteiger partial charge is 0.417 e. The van der Waals surface area contributed by atoms with Gasteiger partial charge in [-0.1, -0.05) is 35.9 Å². The molecule has 2 N–H and O–H groups in total. The molecule has 0 fully saturated rings. The molecule has 43 heavy (non-hydrogen) atoms. The van der Waals surface area contributed by atoms with Crippen LogP contribution in [0.4, 0.5) is 30.2 Å². The molecule has 1 amide bonds. The van der Waals surface area contributed by atoms with Crippen LogP contribution < -0.4 is 14.3 Å². The van der Waals surface area contributed by atoms with Crippen molar-refractivity contribution in [3.05, 3.63) is 118 Å². The Morgan fingerprint density at radius 3 is 2.05 bits per heavy atom. The number of nitrogens with one attached hydrogen (secondary N) is 2. The van der Waals surface area contributed by atoms with E-state index in [1.165, 1.54) is 52.8 Å². The molecule has 8 nitrogen and oxygen atoms in total. The highest BCUT2D eigenvalue weighted by Gasteiger charge is 2.33. The van der Waals surface area contributed by atoms with Crippen molar-refractivity contribution in [3.8, 4) is 0 Å². The fourth-order valence-electron chi connectivity index (χ4n) is 4.06. The van der Waals surface area contributed by atoms with E-state index in [2.05, 4.69) is 10.0 Å². The second kappa shape index (κ2) is 12.3. The smallest absolute Gasteiger partial charge is 0.322 e. The summed E-state index contributed by atoms with van der Waals surface area (Å²) in [6.45, 7) is 2.00. The third kappa shape index (κ3) is 7.86. The van der Waals surface area contributed by atoms with Crippen LogP contribution in [0, 0.1) is 6.92 Å². The van der Waals surface area contributed by atoms with E-state index in [4.69, 9.17) is 11.6 Å². The highest BCUT2D eigenvalue weighted by molar-refractivity contribution is 7.92. The summed E-state index contributed by atoms with van der Waals surface area (Å²) in [5.74, 6) is -0.536. The molecule has 4 rings (SSSR count). The maximum absolute atomic E-state index is 13.1. The molecule has 14 heteroatoms. The topological polar surface area (TPSA) is 113 Å². The third-order valence-corrected chi connectivity index (χ3v) is 9.21. The van der Waals surface area contributed by atoms with Crippen molar-refractivity contribution >= 4 is 54.6 Å². The van der Waals surface area contributed by atoms with E-state index in [0.717, 1.165) is 29.5 Å². The first-order valence-electron chi connectivity index (χ1n) is 12.5. The fourth-order valence-corrected chi connectivity index (χ4v) is 6.21. The number of alkyl halides is 3. The highest BCUT2D eigenvalue weighted by Crippen LogP contribution is 2.36. The summed E-state index contributed by atoms with van der Waals surface area (Å²) in [7, 11) is -7.90. The fraction of sp³-hybridized carbons (Fsp3) is 0.138. The molecule has 0 aliphatic heterocycles. The van der Waals surface area contributed by atoms with Crippen LogP contribution in [0.2, 0.25) is 5.02 Å². The number of benzene rings is 4. The van der Waals surface area contributed by atoms with E-state index in [0.29, 0.717) is 11.8 Å². The van der Waals surface area contributed by atoms with Gasteiger partial charge in [0.2, 0.25) is 10.0 Å². The van der Waals surface area contributed by atoms with Crippen LogP contribution in [-0.2, 0) is 32.8 Å². The monoisotopic (exact) mass is 651 g/mol. The SMILES string of the molecule is Cc1ccccc1CN(c1ccc(C(=O)Nc2ccc(S(=O)(=O)Nc3ccc(Cl)c(C(F)(F)F)c3)cc2)cc1)S(C)(=O)=O. The molecule has 4 aromatic rings. The first kappa shape index (κ1) is 31.9. The lowest BCUT2D eigenvalue weighted by molar-refractivity contribution is -0.137. The van der Waals surface area contributed by atoms with Gasteiger partial charge in [-0.15, -0.1) is 0 Å². The van der Waals surface area contributed by atoms with Crippen LogP contribution in [0.1, 0.15) is 27.0 Å². The Morgan fingerprint density at radius 2 is 1.47 bits per heavy atom. The summed E-state index contributed by atoms with van der Waals surface area (Å²) >= 11 is 5.59. The Labute approximate surface area is 252 Å². The summed E-state index contributed by atoms with van der Waals surface area (Å²) in [5.41, 5.74) is 1.08. The first-order valence-corrected chi connectivity index (χ1v) is 16.2. The third-order valence-electron chi connectivity index (χ3n) is 6.34. The van der Waals surface area contributed by atoms with Gasteiger partial charge in [0.1, 0.15) is 0 Å². The number of carbonyl (C=O) groups is 1. The molecule has 0 saturated carbocycles. The second-order valence-electron chi connectivity index (χ2n) is 9.52. The van der Waals surface area contributed by atoms with Crippen molar-refractivity contribution in [2.45, 2.75) is 24.5 Å². The predicted molar refractivity (Wildman–Crippen MR) is 160 cm³/mol. The zero-order valence-corrected chi connectivity index (χ0v) is 25.1. The predicted octanol–water partition coefficient (Wildman–Crippen LogP) is 6.69. The summed E-state index contributed by atoms with van der Waals surface area (Å²) in [4.78, 5) is 12.6. The maximum atomic E-state index is 13.1. The Balaban J connectivity index is 1.46. The minimum atomic E-state index is -4.77. The first-order chi connectivity index (χ1) is 20.0.